The fourth-order valence-electron chi connectivity index (χ4n) is 5.90. The van der Waals surface area contributed by atoms with Gasteiger partial charge in [-0.2, -0.15) is 0 Å². The van der Waals surface area contributed by atoms with Crippen LogP contribution in [-0.4, -0.2) is 59.9 Å². The predicted molar refractivity (Wildman–Crippen MR) is 185 cm³/mol. The molecular formula is C38H37F2N5O4. The first-order valence-corrected chi connectivity index (χ1v) is 16.1. The van der Waals surface area contributed by atoms with Crippen LogP contribution in [0.25, 0.3) is 10.9 Å². The standard InChI is InChI=1S/C38H37F2N5O4/c1-48-30-12-8-26(9-13-30)24-45(25-27-10-14-31(49-2)15-11-27)37(47)33-23-29(16-19-41-33)42-36(46)35-34(22-28-6-3-4-7-32(28)43-35)44-20-5-17-38(39,40)18-21-44/h3-4,6-16,19,22-23H,5,17-18,20-21,24-25H2,1-2H3,(H,41,42,46). The minimum Gasteiger partial charge on any atom is -0.497 e. The Kier molecular flexibility index (Phi) is 9.98. The first-order valence-electron chi connectivity index (χ1n) is 16.1. The van der Waals surface area contributed by atoms with E-state index >= 15 is 0 Å². The number of ether oxygens (including phenoxy) is 2. The second-order valence-corrected chi connectivity index (χ2v) is 12.0. The molecule has 252 valence electrons. The number of nitrogens with one attached hydrogen (secondary N) is 1. The van der Waals surface area contributed by atoms with Crippen LogP contribution in [0, 0.1) is 0 Å². The summed E-state index contributed by atoms with van der Waals surface area (Å²) in [4.78, 5) is 40.4. The van der Waals surface area contributed by atoms with Gasteiger partial charge in [0.15, 0.2) is 5.69 Å². The van der Waals surface area contributed by atoms with Crippen LogP contribution in [0.1, 0.15) is 51.4 Å². The molecule has 0 radical (unpaired) electrons. The molecule has 49 heavy (non-hydrogen) atoms. The lowest BCUT2D eigenvalue weighted by Crippen LogP contribution is -2.31. The van der Waals surface area contributed by atoms with E-state index < -0.39 is 11.8 Å². The molecule has 0 bridgehead atoms. The number of hydrogen-bond donors (Lipinski definition) is 1. The number of carbonyl (C=O) groups excluding carboxylic acids is 2. The topological polar surface area (TPSA) is 96.9 Å². The van der Waals surface area contributed by atoms with E-state index in [1.807, 2.05) is 77.7 Å². The Morgan fingerprint density at radius 1 is 0.857 bits per heavy atom. The van der Waals surface area contributed by atoms with Crippen molar-refractivity contribution in [2.45, 2.75) is 38.3 Å². The zero-order valence-electron chi connectivity index (χ0n) is 27.4. The van der Waals surface area contributed by atoms with Crippen molar-refractivity contribution >= 4 is 34.1 Å². The normalized spacial score (nSPS) is 14.2. The lowest BCUT2D eigenvalue weighted by atomic mass is 10.1. The molecule has 1 N–H and O–H groups in total. The highest BCUT2D eigenvalue weighted by Gasteiger charge is 2.33. The van der Waals surface area contributed by atoms with Gasteiger partial charge in [0.25, 0.3) is 11.8 Å². The summed E-state index contributed by atoms with van der Waals surface area (Å²) in [6, 6.07) is 27.3. The molecule has 3 aromatic carbocycles. The maximum absolute atomic E-state index is 14.3. The number of methoxy groups -OCH3 is 2. The average molecular weight is 666 g/mol. The monoisotopic (exact) mass is 665 g/mol. The van der Waals surface area contributed by atoms with Gasteiger partial charge in [-0.05, 0) is 66.1 Å². The lowest BCUT2D eigenvalue weighted by Gasteiger charge is -2.25. The smallest absolute Gasteiger partial charge is 0.276 e. The van der Waals surface area contributed by atoms with E-state index in [0.717, 1.165) is 16.5 Å². The molecule has 0 saturated carbocycles. The van der Waals surface area contributed by atoms with E-state index in [9.17, 15) is 18.4 Å². The van der Waals surface area contributed by atoms with Crippen molar-refractivity contribution in [3.8, 4) is 11.5 Å². The number of rotatable bonds is 10. The molecule has 0 aliphatic carbocycles. The number of alkyl halides is 2. The largest absolute Gasteiger partial charge is 0.497 e. The molecule has 2 aromatic heterocycles. The fraction of sp³-hybridized carbons (Fsp3) is 0.263. The summed E-state index contributed by atoms with van der Waals surface area (Å²) >= 11 is 0. The number of halogens is 2. The Labute approximate surface area is 283 Å². The Bertz CT molecular complexity index is 1890. The first kappa shape index (κ1) is 33.3. The van der Waals surface area contributed by atoms with Gasteiger partial charge in [-0.1, -0.05) is 42.5 Å². The molecule has 0 atom stereocenters. The molecule has 5 aromatic rings. The molecule has 1 aliphatic rings. The molecule has 3 heterocycles. The average Bonchev–Trinajstić information content (AvgIpc) is 3.31. The van der Waals surface area contributed by atoms with Gasteiger partial charge in [-0.15, -0.1) is 0 Å². The number of anilines is 2. The summed E-state index contributed by atoms with van der Waals surface area (Å²) in [5.74, 6) is -2.19. The van der Waals surface area contributed by atoms with Crippen LogP contribution in [0.5, 0.6) is 11.5 Å². The summed E-state index contributed by atoms with van der Waals surface area (Å²) in [5, 5.41) is 3.68. The van der Waals surface area contributed by atoms with Gasteiger partial charge in [0.1, 0.15) is 17.2 Å². The molecule has 2 amide bonds. The minimum absolute atomic E-state index is 0.0967. The summed E-state index contributed by atoms with van der Waals surface area (Å²) < 4.78 is 39.1. The van der Waals surface area contributed by atoms with Crippen LogP contribution in [0.4, 0.5) is 20.2 Å². The molecule has 0 unspecified atom stereocenters. The van der Waals surface area contributed by atoms with Crippen LogP contribution >= 0.6 is 0 Å². The fourth-order valence-corrected chi connectivity index (χ4v) is 5.90. The summed E-state index contributed by atoms with van der Waals surface area (Å²) in [5.41, 5.74) is 3.50. The van der Waals surface area contributed by atoms with Gasteiger partial charge in [-0.25, -0.2) is 13.8 Å². The number of amides is 2. The Hall–Kier alpha value is -5.58. The van der Waals surface area contributed by atoms with E-state index in [-0.39, 0.29) is 36.7 Å². The van der Waals surface area contributed by atoms with Crippen molar-refractivity contribution in [2.75, 3.05) is 37.5 Å². The quantitative estimate of drug-likeness (QED) is 0.166. The highest BCUT2D eigenvalue weighted by molar-refractivity contribution is 6.08. The maximum Gasteiger partial charge on any atom is 0.276 e. The molecule has 0 spiro atoms. The molecule has 9 nitrogen and oxygen atoms in total. The van der Waals surface area contributed by atoms with Crippen LogP contribution in [-0.2, 0) is 13.1 Å². The first-order chi connectivity index (χ1) is 23.7. The third-order valence-electron chi connectivity index (χ3n) is 8.57. The third kappa shape index (κ3) is 8.11. The molecule has 1 aliphatic heterocycles. The minimum atomic E-state index is -2.75. The number of nitrogens with zero attached hydrogens (tertiary/aromatic N) is 4. The zero-order chi connectivity index (χ0) is 34.4. The predicted octanol–water partition coefficient (Wildman–Crippen LogP) is 7.37. The molecule has 6 rings (SSSR count). The maximum atomic E-state index is 14.3. The Balaban J connectivity index is 1.27. The molecular weight excluding hydrogens is 628 g/mol. The molecule has 1 saturated heterocycles. The molecule has 11 heteroatoms. The highest BCUT2D eigenvalue weighted by atomic mass is 19.3. The number of para-hydroxylation sites is 1. The second kappa shape index (κ2) is 14.7. The summed E-state index contributed by atoms with van der Waals surface area (Å²) in [6.07, 6.45) is 1.25. The number of carbonyl (C=O) groups is 2. The summed E-state index contributed by atoms with van der Waals surface area (Å²) in [6.45, 7) is 1.07. The van der Waals surface area contributed by atoms with Crippen molar-refractivity contribution in [3.63, 3.8) is 0 Å². The van der Waals surface area contributed by atoms with E-state index in [0.29, 0.717) is 54.4 Å². The lowest BCUT2D eigenvalue weighted by molar-refractivity contribution is -0.0102. The van der Waals surface area contributed by atoms with Crippen LogP contribution in [0.2, 0.25) is 0 Å². The van der Waals surface area contributed by atoms with Gasteiger partial charge < -0.3 is 24.6 Å². The number of benzene rings is 3. The Morgan fingerprint density at radius 2 is 1.51 bits per heavy atom. The second-order valence-electron chi connectivity index (χ2n) is 12.0. The van der Waals surface area contributed by atoms with E-state index in [1.54, 1.807) is 31.3 Å². The number of pyridine rings is 2. The van der Waals surface area contributed by atoms with Crippen molar-refractivity contribution in [2.24, 2.45) is 0 Å². The highest BCUT2D eigenvalue weighted by Crippen LogP contribution is 2.33. The van der Waals surface area contributed by atoms with E-state index in [1.165, 1.54) is 12.3 Å². The van der Waals surface area contributed by atoms with Crippen molar-refractivity contribution in [3.05, 3.63) is 120 Å². The van der Waals surface area contributed by atoms with Crippen molar-refractivity contribution < 1.29 is 27.8 Å². The van der Waals surface area contributed by atoms with Crippen LogP contribution < -0.4 is 19.7 Å². The van der Waals surface area contributed by atoms with Gasteiger partial charge in [0.2, 0.25) is 5.92 Å². The third-order valence-corrected chi connectivity index (χ3v) is 8.57. The van der Waals surface area contributed by atoms with Crippen LogP contribution in [0.15, 0.2) is 97.2 Å². The summed E-state index contributed by atoms with van der Waals surface area (Å²) in [7, 11) is 3.19. The van der Waals surface area contributed by atoms with E-state index in [2.05, 4.69) is 15.3 Å². The van der Waals surface area contributed by atoms with Gasteiger partial charge >= 0.3 is 0 Å². The van der Waals surface area contributed by atoms with Crippen molar-refractivity contribution in [1.29, 1.82) is 0 Å². The molecule has 1 fully saturated rings. The van der Waals surface area contributed by atoms with Gasteiger partial charge in [0.05, 0.1) is 25.4 Å². The van der Waals surface area contributed by atoms with E-state index in [4.69, 9.17) is 9.47 Å². The van der Waals surface area contributed by atoms with Gasteiger partial charge in [-0.3, -0.25) is 14.6 Å². The number of hydrogen-bond acceptors (Lipinski definition) is 7. The SMILES string of the molecule is COc1ccc(CN(Cc2ccc(OC)cc2)C(=O)c2cc(NC(=O)c3nc4ccccc4cc3N3CCCC(F)(F)CC3)ccn2)cc1. The number of aromatic nitrogens is 2. The van der Waals surface area contributed by atoms with Gasteiger partial charge in [0, 0.05) is 56.3 Å². The number of fused-ring (bicyclic) bond motifs is 1. The Morgan fingerprint density at radius 3 is 2.16 bits per heavy atom. The van der Waals surface area contributed by atoms with Crippen LogP contribution in [0.3, 0.4) is 0 Å². The van der Waals surface area contributed by atoms with Crippen molar-refractivity contribution in [1.82, 2.24) is 14.9 Å². The zero-order valence-corrected chi connectivity index (χ0v) is 27.4.